The zero-order valence-corrected chi connectivity index (χ0v) is 16.4. The van der Waals surface area contributed by atoms with Gasteiger partial charge in [0.15, 0.2) is 0 Å². The van der Waals surface area contributed by atoms with Crippen LogP contribution in [0.4, 0.5) is 0 Å². The molecule has 2 aromatic carbocycles. The zero-order chi connectivity index (χ0) is 19.8. The van der Waals surface area contributed by atoms with Gasteiger partial charge in [0.1, 0.15) is 11.5 Å². The lowest BCUT2D eigenvalue weighted by molar-refractivity contribution is 0.412. The minimum atomic E-state index is -0.248. The molecule has 0 bridgehead atoms. The van der Waals surface area contributed by atoms with E-state index < -0.39 is 0 Å². The Morgan fingerprint density at radius 3 is 2.46 bits per heavy atom. The van der Waals surface area contributed by atoms with Gasteiger partial charge in [-0.2, -0.15) is 0 Å². The summed E-state index contributed by atoms with van der Waals surface area (Å²) in [4.78, 5) is 17.7. The largest absolute Gasteiger partial charge is 0.497 e. The van der Waals surface area contributed by atoms with Gasteiger partial charge in [0, 0.05) is 35.2 Å². The van der Waals surface area contributed by atoms with E-state index >= 15 is 0 Å². The summed E-state index contributed by atoms with van der Waals surface area (Å²) < 4.78 is 13.8. The molecule has 2 aromatic heterocycles. The van der Waals surface area contributed by atoms with Crippen molar-refractivity contribution < 1.29 is 9.47 Å². The van der Waals surface area contributed by atoms with Crippen LogP contribution in [0.3, 0.4) is 0 Å². The molecule has 0 saturated carbocycles. The second-order valence-electron chi connectivity index (χ2n) is 6.33. The van der Waals surface area contributed by atoms with Crippen LogP contribution < -0.4 is 15.0 Å². The highest BCUT2D eigenvalue weighted by Gasteiger charge is 2.14. The average Bonchev–Trinajstić information content (AvgIpc) is 3.15. The SMILES string of the molecule is COc1ccc(-c2cn3ccn(-c4cc(C)c(Cl)cc4OC)c(=O)c3n2)cc1. The van der Waals surface area contributed by atoms with E-state index in [0.717, 1.165) is 16.9 Å². The number of rotatable bonds is 4. The number of ether oxygens (including phenoxy) is 2. The molecule has 0 fully saturated rings. The summed E-state index contributed by atoms with van der Waals surface area (Å²) in [7, 11) is 3.17. The molecule has 0 radical (unpaired) electrons. The fraction of sp³-hybridized carbons (Fsp3) is 0.143. The predicted molar refractivity (Wildman–Crippen MR) is 109 cm³/mol. The maximum Gasteiger partial charge on any atom is 0.298 e. The molecule has 4 aromatic rings. The minimum Gasteiger partial charge on any atom is -0.497 e. The lowest BCUT2D eigenvalue weighted by atomic mass is 10.2. The van der Waals surface area contributed by atoms with Gasteiger partial charge in [0.25, 0.3) is 5.56 Å². The van der Waals surface area contributed by atoms with Crippen LogP contribution in [0.2, 0.25) is 5.02 Å². The van der Waals surface area contributed by atoms with E-state index in [4.69, 9.17) is 21.1 Å². The number of halogens is 1. The number of benzene rings is 2. The molecule has 2 heterocycles. The molecule has 0 N–H and O–H groups in total. The van der Waals surface area contributed by atoms with Crippen molar-refractivity contribution in [3.8, 4) is 28.4 Å². The topological polar surface area (TPSA) is 57.8 Å². The van der Waals surface area contributed by atoms with Gasteiger partial charge in [-0.05, 0) is 42.8 Å². The number of aromatic nitrogens is 3. The van der Waals surface area contributed by atoms with Crippen molar-refractivity contribution in [3.05, 3.63) is 75.9 Å². The van der Waals surface area contributed by atoms with Gasteiger partial charge >= 0.3 is 0 Å². The van der Waals surface area contributed by atoms with Crippen LogP contribution in [0.15, 0.2) is 59.8 Å². The molecule has 0 atom stereocenters. The van der Waals surface area contributed by atoms with Gasteiger partial charge in [-0.15, -0.1) is 0 Å². The molecule has 6 nitrogen and oxygen atoms in total. The summed E-state index contributed by atoms with van der Waals surface area (Å²) in [5.74, 6) is 1.28. The summed E-state index contributed by atoms with van der Waals surface area (Å²) in [6.45, 7) is 1.88. The van der Waals surface area contributed by atoms with Crippen molar-refractivity contribution in [1.82, 2.24) is 14.0 Å². The Morgan fingerprint density at radius 1 is 1.04 bits per heavy atom. The molecule has 7 heteroatoms. The Kier molecular flexibility index (Phi) is 4.57. The van der Waals surface area contributed by atoms with Gasteiger partial charge in [-0.3, -0.25) is 9.36 Å². The second kappa shape index (κ2) is 7.05. The molecule has 0 spiro atoms. The first-order valence-corrected chi connectivity index (χ1v) is 8.99. The summed E-state index contributed by atoms with van der Waals surface area (Å²) in [5, 5.41) is 0.581. The number of imidazole rings is 1. The number of nitrogens with zero attached hydrogens (tertiary/aromatic N) is 3. The van der Waals surface area contributed by atoms with E-state index in [-0.39, 0.29) is 5.56 Å². The first-order chi connectivity index (χ1) is 13.5. The number of methoxy groups -OCH3 is 2. The fourth-order valence-electron chi connectivity index (χ4n) is 3.07. The maximum absolute atomic E-state index is 13.1. The standard InChI is InChI=1S/C21H18ClN3O3/c1-13-10-18(19(28-3)11-16(13)22)25-9-8-24-12-17(23-20(24)21(25)26)14-4-6-15(27-2)7-5-14/h4-12H,1-3H3. The van der Waals surface area contributed by atoms with Crippen LogP contribution in [0.1, 0.15) is 5.56 Å². The zero-order valence-electron chi connectivity index (χ0n) is 15.6. The van der Waals surface area contributed by atoms with Crippen molar-refractivity contribution in [2.24, 2.45) is 0 Å². The highest BCUT2D eigenvalue weighted by molar-refractivity contribution is 6.31. The molecule has 0 aliphatic carbocycles. The molecule has 0 saturated heterocycles. The fourth-order valence-corrected chi connectivity index (χ4v) is 3.22. The van der Waals surface area contributed by atoms with E-state index in [0.29, 0.717) is 27.8 Å². The summed E-state index contributed by atoms with van der Waals surface area (Å²) in [5.41, 5.74) is 3.15. The van der Waals surface area contributed by atoms with Gasteiger partial charge in [0.2, 0.25) is 5.65 Å². The van der Waals surface area contributed by atoms with Gasteiger partial charge in [0.05, 0.1) is 25.6 Å². The Hall–Kier alpha value is -3.25. The molecule has 0 unspecified atom stereocenters. The Morgan fingerprint density at radius 2 is 1.79 bits per heavy atom. The minimum absolute atomic E-state index is 0.248. The van der Waals surface area contributed by atoms with Crippen LogP contribution in [-0.2, 0) is 0 Å². The van der Waals surface area contributed by atoms with Crippen molar-refractivity contribution in [2.75, 3.05) is 14.2 Å². The normalized spacial score (nSPS) is 11.0. The van der Waals surface area contributed by atoms with Crippen LogP contribution >= 0.6 is 11.6 Å². The Balaban J connectivity index is 1.86. The number of hydrogen-bond donors (Lipinski definition) is 0. The lowest BCUT2D eigenvalue weighted by Gasteiger charge is -2.13. The van der Waals surface area contributed by atoms with Gasteiger partial charge in [-0.1, -0.05) is 11.6 Å². The average molecular weight is 396 g/mol. The first-order valence-electron chi connectivity index (χ1n) is 8.61. The van der Waals surface area contributed by atoms with Gasteiger partial charge < -0.3 is 13.9 Å². The molecule has 0 aliphatic heterocycles. The van der Waals surface area contributed by atoms with Crippen LogP contribution in [0.25, 0.3) is 22.6 Å². The molecule has 142 valence electrons. The van der Waals surface area contributed by atoms with Crippen LogP contribution in [0.5, 0.6) is 11.5 Å². The van der Waals surface area contributed by atoms with Crippen molar-refractivity contribution in [3.63, 3.8) is 0 Å². The van der Waals surface area contributed by atoms with E-state index in [1.54, 1.807) is 37.1 Å². The van der Waals surface area contributed by atoms with Crippen molar-refractivity contribution in [1.29, 1.82) is 0 Å². The molecular formula is C21H18ClN3O3. The van der Waals surface area contributed by atoms with E-state index in [1.165, 1.54) is 4.57 Å². The summed E-state index contributed by atoms with van der Waals surface area (Å²) >= 11 is 6.19. The van der Waals surface area contributed by atoms with Gasteiger partial charge in [-0.25, -0.2) is 4.98 Å². The number of hydrogen-bond acceptors (Lipinski definition) is 4. The highest BCUT2D eigenvalue weighted by Crippen LogP contribution is 2.29. The molecule has 0 aliphatic rings. The monoisotopic (exact) mass is 395 g/mol. The predicted octanol–water partition coefficient (Wildman–Crippen LogP) is 4.13. The van der Waals surface area contributed by atoms with E-state index in [2.05, 4.69) is 4.98 Å². The molecule has 28 heavy (non-hydrogen) atoms. The second-order valence-corrected chi connectivity index (χ2v) is 6.74. The Labute approximate surface area is 166 Å². The number of fused-ring (bicyclic) bond motifs is 1. The maximum atomic E-state index is 13.1. The molecular weight excluding hydrogens is 378 g/mol. The van der Waals surface area contributed by atoms with E-state index in [1.807, 2.05) is 43.5 Å². The smallest absolute Gasteiger partial charge is 0.298 e. The highest BCUT2D eigenvalue weighted by atomic mass is 35.5. The summed E-state index contributed by atoms with van der Waals surface area (Å²) in [6.07, 6.45) is 5.31. The first kappa shape index (κ1) is 18.1. The van der Waals surface area contributed by atoms with E-state index in [9.17, 15) is 4.79 Å². The lowest BCUT2D eigenvalue weighted by Crippen LogP contribution is -2.20. The number of aryl methyl sites for hydroxylation is 1. The summed E-state index contributed by atoms with van der Waals surface area (Å²) in [6, 6.07) is 11.1. The van der Waals surface area contributed by atoms with Crippen molar-refractivity contribution in [2.45, 2.75) is 6.92 Å². The third-order valence-electron chi connectivity index (χ3n) is 4.62. The molecule has 0 amide bonds. The Bertz CT molecular complexity index is 1230. The van der Waals surface area contributed by atoms with Crippen LogP contribution in [-0.4, -0.2) is 28.2 Å². The molecule has 4 rings (SSSR count). The third-order valence-corrected chi connectivity index (χ3v) is 5.03. The quantitative estimate of drug-likeness (QED) is 0.521. The third kappa shape index (κ3) is 3.01. The van der Waals surface area contributed by atoms with Crippen molar-refractivity contribution >= 4 is 17.2 Å². The van der Waals surface area contributed by atoms with Crippen LogP contribution in [0, 0.1) is 6.92 Å².